The van der Waals surface area contributed by atoms with Crippen molar-refractivity contribution in [1.29, 1.82) is 0 Å². The zero-order chi connectivity index (χ0) is 32.8. The van der Waals surface area contributed by atoms with Crippen LogP contribution >= 0.6 is 0 Å². The number of benzene rings is 1. The molecular weight excluding hydrogens is 592 g/mol. The minimum absolute atomic E-state index is 0.0219. The van der Waals surface area contributed by atoms with E-state index in [1.165, 1.54) is 0 Å². The van der Waals surface area contributed by atoms with Gasteiger partial charge in [-0.05, 0) is 37.9 Å². The van der Waals surface area contributed by atoms with Gasteiger partial charge in [0.05, 0.1) is 36.0 Å². The van der Waals surface area contributed by atoms with E-state index in [1.807, 2.05) is 30.3 Å². The highest BCUT2D eigenvalue weighted by Gasteiger charge is 2.48. The highest BCUT2D eigenvalue weighted by Crippen LogP contribution is 2.28. The minimum atomic E-state index is -1.28. The van der Waals surface area contributed by atoms with Crippen molar-refractivity contribution in [3.8, 4) is 0 Å². The predicted octanol–water partition coefficient (Wildman–Crippen LogP) is -0.718. The molecule has 0 unspecified atom stereocenters. The molecule has 2 aromatic heterocycles. The van der Waals surface area contributed by atoms with Gasteiger partial charge in [-0.2, -0.15) is 0 Å². The summed E-state index contributed by atoms with van der Waals surface area (Å²) in [5, 5.41) is 39.8. The van der Waals surface area contributed by atoms with Crippen molar-refractivity contribution in [3.63, 3.8) is 0 Å². The number of fused-ring (bicyclic) bond motifs is 3. The van der Waals surface area contributed by atoms with Crippen LogP contribution in [-0.4, -0.2) is 112 Å². The van der Waals surface area contributed by atoms with Crippen molar-refractivity contribution in [2.75, 3.05) is 19.6 Å². The normalized spacial score (nSPS) is 31.8. The van der Waals surface area contributed by atoms with Crippen LogP contribution in [0.4, 0.5) is 0 Å². The number of pyridine rings is 1. The van der Waals surface area contributed by atoms with Gasteiger partial charge in [0, 0.05) is 41.5 Å². The Labute approximate surface area is 268 Å². The quantitative estimate of drug-likeness (QED) is 0.0978. The van der Waals surface area contributed by atoms with Gasteiger partial charge in [0.2, 0.25) is 0 Å². The van der Waals surface area contributed by atoms with E-state index in [9.17, 15) is 20.1 Å². The van der Waals surface area contributed by atoms with Crippen LogP contribution in [0.2, 0.25) is 0 Å². The van der Waals surface area contributed by atoms with Crippen molar-refractivity contribution in [2.24, 2.45) is 22.9 Å². The second kappa shape index (κ2) is 15.9. The van der Waals surface area contributed by atoms with Gasteiger partial charge in [0.25, 0.3) is 5.91 Å². The summed E-state index contributed by atoms with van der Waals surface area (Å²) >= 11 is 0. The Kier molecular flexibility index (Phi) is 11.9. The lowest BCUT2D eigenvalue weighted by Crippen LogP contribution is -2.69. The van der Waals surface area contributed by atoms with Crippen molar-refractivity contribution < 1.29 is 29.6 Å². The molecule has 14 heteroatoms. The second-order valence-corrected chi connectivity index (χ2v) is 12.6. The lowest BCUT2D eigenvalue weighted by molar-refractivity contribution is -0.279. The van der Waals surface area contributed by atoms with Crippen LogP contribution in [0.15, 0.2) is 36.5 Å². The number of aliphatic hydroxyl groups excluding tert-OH is 3. The van der Waals surface area contributed by atoms with Gasteiger partial charge in [-0.3, -0.25) is 4.79 Å². The van der Waals surface area contributed by atoms with Crippen LogP contribution in [0.5, 0.6) is 0 Å². The number of nitrogens with zero attached hydrogens (tertiary/aromatic N) is 1. The molecule has 0 bridgehead atoms. The van der Waals surface area contributed by atoms with Crippen LogP contribution in [0.1, 0.15) is 55.4 Å². The molecule has 3 aromatic rings. The summed E-state index contributed by atoms with van der Waals surface area (Å²) in [7, 11) is 0. The molecule has 1 aliphatic carbocycles. The number of hydrogen-bond donors (Lipinski definition) is 10. The molecule has 1 aromatic carbocycles. The molecule has 2 fully saturated rings. The molecule has 2 aliphatic rings. The third-order valence-electron chi connectivity index (χ3n) is 9.29. The summed E-state index contributed by atoms with van der Waals surface area (Å²) in [6.07, 6.45) is 1.87. The number of aromatic amines is 1. The number of unbranched alkanes of at least 4 members (excludes halogenated alkanes) is 5. The summed E-state index contributed by atoms with van der Waals surface area (Å²) in [5.74, 6) is -0.171. The zero-order valence-corrected chi connectivity index (χ0v) is 26.1. The maximum absolute atomic E-state index is 12.7. The fourth-order valence-electron chi connectivity index (χ4n) is 6.55. The molecule has 1 saturated carbocycles. The monoisotopic (exact) mass is 642 g/mol. The topological polar surface area (TPSA) is 253 Å². The molecule has 46 heavy (non-hydrogen) atoms. The molecule has 0 spiro atoms. The number of hydrogen-bond acceptors (Lipinski definition) is 12. The number of H-pyrrole nitrogens is 1. The second-order valence-electron chi connectivity index (χ2n) is 12.6. The highest BCUT2D eigenvalue weighted by atomic mass is 16.7. The van der Waals surface area contributed by atoms with E-state index < -0.39 is 61.0 Å². The minimum Gasteiger partial charge on any atom is -0.390 e. The molecule has 1 aliphatic heterocycles. The van der Waals surface area contributed by atoms with Crippen LogP contribution < -0.4 is 33.6 Å². The molecule has 14 N–H and O–H groups in total. The predicted molar refractivity (Wildman–Crippen MR) is 175 cm³/mol. The smallest absolute Gasteiger partial charge is 0.269 e. The first-order valence-corrected chi connectivity index (χ1v) is 16.4. The zero-order valence-electron chi connectivity index (χ0n) is 26.1. The van der Waals surface area contributed by atoms with Gasteiger partial charge < -0.3 is 63.3 Å². The average molecular weight is 643 g/mol. The molecular formula is C32H50N8O6. The van der Waals surface area contributed by atoms with E-state index >= 15 is 0 Å². The Morgan fingerprint density at radius 2 is 1.65 bits per heavy atom. The Balaban J connectivity index is 0.996. The van der Waals surface area contributed by atoms with Gasteiger partial charge in [0.1, 0.15) is 24.0 Å². The fraction of sp³-hybridized carbons (Fsp3) is 0.625. The summed E-state index contributed by atoms with van der Waals surface area (Å²) < 4.78 is 11.9. The third-order valence-corrected chi connectivity index (χ3v) is 9.29. The number of para-hydroxylation sites is 1. The molecule has 1 amide bonds. The van der Waals surface area contributed by atoms with Crippen molar-refractivity contribution in [1.82, 2.24) is 20.6 Å². The molecule has 5 rings (SSSR count). The number of aliphatic hydroxyl groups is 3. The number of aromatic nitrogens is 2. The van der Waals surface area contributed by atoms with E-state index in [0.29, 0.717) is 25.2 Å². The maximum Gasteiger partial charge on any atom is 0.269 e. The highest BCUT2D eigenvalue weighted by molar-refractivity contribution is 6.09. The molecule has 3 heterocycles. The molecule has 14 nitrogen and oxygen atoms in total. The van der Waals surface area contributed by atoms with Crippen molar-refractivity contribution in [2.45, 2.75) is 106 Å². The van der Waals surface area contributed by atoms with Gasteiger partial charge in [0.15, 0.2) is 6.29 Å². The van der Waals surface area contributed by atoms with Crippen LogP contribution in [0, 0.1) is 0 Å². The van der Waals surface area contributed by atoms with E-state index in [-0.39, 0.29) is 12.5 Å². The van der Waals surface area contributed by atoms with Gasteiger partial charge >= 0.3 is 0 Å². The number of rotatable bonds is 14. The number of nitrogens with one attached hydrogen (secondary N) is 3. The fourth-order valence-corrected chi connectivity index (χ4v) is 6.55. The van der Waals surface area contributed by atoms with Crippen LogP contribution in [0.25, 0.3) is 21.8 Å². The summed E-state index contributed by atoms with van der Waals surface area (Å²) in [5.41, 5.74) is 26.7. The average Bonchev–Trinajstić information content (AvgIpc) is 3.43. The standard InChI is InChI=1S/C32H50N8O6/c33-15-24-28(42)29(43)25(36)32(45-24)46-30-20(35)14-19(34)27(41)26(30)37-11-7-3-1-2-4-8-12-38-31(44)22-13-18-17-9-5-6-10-21(17)40-23(18)16-39-22/h5-6,9-10,13,16,19-20,24-30,32,37,40-43H,1-4,7-8,11-12,14-15,33-36H2,(H,38,44)/t19-,20+,24-,25-,26+,27+,28-,29-,30-,32-/m1/s1. The summed E-state index contributed by atoms with van der Waals surface area (Å²) in [4.78, 5) is 20.3. The molecule has 0 radical (unpaired) electrons. The third kappa shape index (κ3) is 7.85. The summed E-state index contributed by atoms with van der Waals surface area (Å²) in [6.45, 7) is 1.19. The number of ether oxygens (including phenoxy) is 2. The SMILES string of the molecule is NC[C@H]1O[C@H](O[C@H]2[C@@H](NCCCCCCCCNC(=O)c3cc4c(cn3)[nH]c3ccccc34)[C@@H](O)[C@H](N)C[C@@H]2N)[C@H](N)[C@@H](O)[C@@H]1O. The first kappa shape index (κ1) is 34.6. The first-order chi connectivity index (χ1) is 22.2. The Hall–Kier alpha value is -2.76. The van der Waals surface area contributed by atoms with Gasteiger partial charge in [-0.25, -0.2) is 4.98 Å². The lowest BCUT2D eigenvalue weighted by atomic mass is 9.82. The van der Waals surface area contributed by atoms with Gasteiger partial charge in [-0.15, -0.1) is 0 Å². The number of carbonyl (C=O) groups excluding carboxylic acids is 1. The van der Waals surface area contributed by atoms with Crippen molar-refractivity contribution in [3.05, 3.63) is 42.2 Å². The number of nitrogens with two attached hydrogens (primary N) is 4. The Bertz CT molecular complexity index is 1420. The number of carbonyl (C=O) groups is 1. The Morgan fingerprint density at radius 3 is 2.41 bits per heavy atom. The van der Waals surface area contributed by atoms with Gasteiger partial charge in [-0.1, -0.05) is 43.9 Å². The molecule has 1 saturated heterocycles. The summed E-state index contributed by atoms with van der Waals surface area (Å²) in [6, 6.07) is 7.23. The molecule has 254 valence electrons. The first-order valence-electron chi connectivity index (χ1n) is 16.4. The Morgan fingerprint density at radius 1 is 0.935 bits per heavy atom. The lowest BCUT2D eigenvalue weighted by Gasteiger charge is -2.47. The van der Waals surface area contributed by atoms with E-state index in [2.05, 4.69) is 20.6 Å². The van der Waals surface area contributed by atoms with Crippen LogP contribution in [-0.2, 0) is 9.47 Å². The van der Waals surface area contributed by atoms with Crippen LogP contribution in [0.3, 0.4) is 0 Å². The largest absolute Gasteiger partial charge is 0.390 e. The maximum atomic E-state index is 12.7. The van der Waals surface area contributed by atoms with E-state index in [1.54, 1.807) is 6.20 Å². The van der Waals surface area contributed by atoms with Crippen molar-refractivity contribution >= 4 is 27.7 Å². The van der Waals surface area contributed by atoms with E-state index in [0.717, 1.165) is 60.3 Å². The molecule has 10 atom stereocenters. The van der Waals surface area contributed by atoms with E-state index in [4.69, 9.17) is 32.4 Å². The number of amides is 1.